The van der Waals surface area contributed by atoms with Crippen molar-refractivity contribution < 1.29 is 18.7 Å². The number of aromatic nitrogens is 4. The van der Waals surface area contributed by atoms with E-state index in [1.54, 1.807) is 0 Å². The Morgan fingerprint density at radius 3 is 1.62 bits per heavy atom. The number of hydrogen-bond acceptors (Lipinski definition) is 10. The first-order valence-electron chi connectivity index (χ1n) is 4.10. The summed E-state index contributed by atoms with van der Waals surface area (Å²) in [6.45, 7) is 0. The number of nitrogens with one attached hydrogen (secondary N) is 2. The third kappa shape index (κ3) is 1.80. The Morgan fingerprint density at radius 2 is 1.25 bits per heavy atom. The summed E-state index contributed by atoms with van der Waals surface area (Å²) in [5.74, 6) is 0.908. The molecule has 0 amide bonds. The molecule has 0 aromatic carbocycles. The molecule has 86 valence electrons. The number of methoxy groups -OCH3 is 2. The molecule has 0 atom stereocenters. The lowest BCUT2D eigenvalue weighted by molar-refractivity contribution is 0.281. The van der Waals surface area contributed by atoms with Crippen LogP contribution in [-0.2, 0) is 0 Å². The Kier molecular flexibility index (Phi) is 2.71. The van der Waals surface area contributed by atoms with E-state index in [0.29, 0.717) is 0 Å². The topological polar surface area (TPSA) is 120 Å². The van der Waals surface area contributed by atoms with Crippen LogP contribution in [-0.4, -0.2) is 34.8 Å². The number of hydrazine groups is 1. The molecule has 0 spiro atoms. The fourth-order valence-corrected chi connectivity index (χ4v) is 0.900. The largest absolute Gasteiger partial charge is 0.476 e. The van der Waals surface area contributed by atoms with Crippen LogP contribution in [0.25, 0.3) is 0 Å². The minimum absolute atomic E-state index is 0.197. The number of nitrogens with zero attached hydrogens (tertiary/aromatic N) is 4. The predicted octanol–water partition coefficient (Wildman–Crippen LogP) is -0.0912. The molecule has 10 heteroatoms. The molecule has 2 N–H and O–H groups in total. The number of anilines is 2. The average Bonchev–Trinajstić information content (AvgIpc) is 2.94. The molecule has 0 aliphatic carbocycles. The van der Waals surface area contributed by atoms with Gasteiger partial charge < -0.3 is 9.47 Å². The second-order valence-corrected chi connectivity index (χ2v) is 2.49. The smallest absolute Gasteiger partial charge is 0.301 e. The van der Waals surface area contributed by atoms with E-state index in [9.17, 15) is 0 Å². The zero-order valence-electron chi connectivity index (χ0n) is 8.42. The van der Waals surface area contributed by atoms with Crippen molar-refractivity contribution in [3.63, 3.8) is 0 Å². The van der Waals surface area contributed by atoms with Gasteiger partial charge in [0.1, 0.15) is 0 Å². The van der Waals surface area contributed by atoms with Gasteiger partial charge in [0.05, 0.1) is 14.2 Å². The number of ether oxygens (including phenoxy) is 2. The van der Waals surface area contributed by atoms with E-state index in [4.69, 9.17) is 9.47 Å². The first kappa shape index (κ1) is 10.0. The lowest BCUT2D eigenvalue weighted by Gasteiger charge is -2.03. The Balaban J connectivity index is 2.02. The molecule has 0 saturated heterocycles. The Morgan fingerprint density at radius 1 is 0.812 bits per heavy atom. The van der Waals surface area contributed by atoms with Crippen molar-refractivity contribution >= 4 is 11.6 Å². The molecular formula is C6H8N6O4. The van der Waals surface area contributed by atoms with Gasteiger partial charge in [-0.15, -0.1) is 0 Å². The highest BCUT2D eigenvalue weighted by Crippen LogP contribution is 2.21. The summed E-state index contributed by atoms with van der Waals surface area (Å²) in [5, 5.41) is 14.0. The minimum Gasteiger partial charge on any atom is -0.476 e. The van der Waals surface area contributed by atoms with Gasteiger partial charge in [0.15, 0.2) is 0 Å². The Bertz CT molecular complexity index is 411. The van der Waals surface area contributed by atoms with E-state index in [-0.39, 0.29) is 23.4 Å². The van der Waals surface area contributed by atoms with Crippen molar-refractivity contribution in [3.05, 3.63) is 0 Å². The van der Waals surface area contributed by atoms with Gasteiger partial charge in [0.25, 0.3) is 11.6 Å². The summed E-state index contributed by atoms with van der Waals surface area (Å²) in [6.07, 6.45) is 0. The van der Waals surface area contributed by atoms with Crippen LogP contribution in [0.15, 0.2) is 9.26 Å². The van der Waals surface area contributed by atoms with E-state index in [1.807, 2.05) is 0 Å². The summed E-state index contributed by atoms with van der Waals surface area (Å²) in [7, 11) is 2.87. The van der Waals surface area contributed by atoms with E-state index in [1.165, 1.54) is 14.2 Å². The standard InChI is InChI=1S/C6H8N6O4/c1-13-5-3(9-15-11-5)7-8-4-6(14-2)12-16-10-4/h1-2H3,(H,7,9)(H,8,10). The quantitative estimate of drug-likeness (QED) is 0.671. The molecular weight excluding hydrogens is 220 g/mol. The highest BCUT2D eigenvalue weighted by Gasteiger charge is 2.13. The van der Waals surface area contributed by atoms with Crippen molar-refractivity contribution in [2.75, 3.05) is 25.1 Å². The van der Waals surface area contributed by atoms with Crippen LogP contribution in [0.3, 0.4) is 0 Å². The van der Waals surface area contributed by atoms with Crippen molar-refractivity contribution in [1.82, 2.24) is 20.6 Å². The van der Waals surface area contributed by atoms with Gasteiger partial charge in [0.2, 0.25) is 0 Å². The van der Waals surface area contributed by atoms with Crippen LogP contribution in [0.2, 0.25) is 0 Å². The molecule has 0 fully saturated rings. The molecule has 2 rings (SSSR count). The van der Waals surface area contributed by atoms with Crippen molar-refractivity contribution in [2.24, 2.45) is 0 Å². The second-order valence-electron chi connectivity index (χ2n) is 2.49. The fourth-order valence-electron chi connectivity index (χ4n) is 0.900. The van der Waals surface area contributed by atoms with Crippen molar-refractivity contribution in [1.29, 1.82) is 0 Å². The monoisotopic (exact) mass is 228 g/mol. The van der Waals surface area contributed by atoms with Crippen LogP contribution < -0.4 is 20.3 Å². The molecule has 0 bridgehead atoms. The molecule has 0 aliphatic heterocycles. The third-order valence-electron chi connectivity index (χ3n) is 1.60. The van der Waals surface area contributed by atoms with Gasteiger partial charge in [-0.1, -0.05) is 0 Å². The van der Waals surface area contributed by atoms with Crippen molar-refractivity contribution in [2.45, 2.75) is 0 Å². The summed E-state index contributed by atoms with van der Waals surface area (Å²) in [5.41, 5.74) is 5.27. The van der Waals surface area contributed by atoms with Gasteiger partial charge in [-0.2, -0.15) is 0 Å². The van der Waals surface area contributed by atoms with Gasteiger partial charge in [-0.05, 0) is 20.6 Å². The summed E-state index contributed by atoms with van der Waals surface area (Å²) in [6, 6.07) is 0. The first-order valence-corrected chi connectivity index (χ1v) is 4.10. The van der Waals surface area contributed by atoms with Crippen LogP contribution in [0.1, 0.15) is 0 Å². The molecule has 0 saturated carbocycles. The van der Waals surface area contributed by atoms with Crippen LogP contribution in [0.4, 0.5) is 11.6 Å². The number of rotatable bonds is 5. The third-order valence-corrected chi connectivity index (χ3v) is 1.60. The van der Waals surface area contributed by atoms with Crippen LogP contribution >= 0.6 is 0 Å². The fraction of sp³-hybridized carbons (Fsp3) is 0.333. The van der Waals surface area contributed by atoms with E-state index < -0.39 is 0 Å². The lowest BCUT2D eigenvalue weighted by atomic mass is 10.7. The van der Waals surface area contributed by atoms with Gasteiger partial charge in [-0.25, -0.2) is 9.26 Å². The molecule has 0 unspecified atom stereocenters. The molecule has 16 heavy (non-hydrogen) atoms. The maximum Gasteiger partial charge on any atom is 0.301 e. The zero-order chi connectivity index (χ0) is 11.4. The molecule has 0 aliphatic rings. The minimum atomic E-state index is 0.197. The first-order chi connectivity index (χ1) is 7.85. The van der Waals surface area contributed by atoms with Crippen molar-refractivity contribution in [3.8, 4) is 11.8 Å². The molecule has 2 heterocycles. The molecule has 2 aromatic heterocycles. The average molecular weight is 228 g/mol. The van der Waals surface area contributed by atoms with E-state index in [0.717, 1.165) is 0 Å². The maximum atomic E-state index is 4.85. The van der Waals surface area contributed by atoms with E-state index in [2.05, 4.69) is 40.7 Å². The predicted molar refractivity (Wildman–Crippen MR) is 48.9 cm³/mol. The van der Waals surface area contributed by atoms with Gasteiger partial charge >= 0.3 is 11.8 Å². The summed E-state index contributed by atoms with van der Waals surface area (Å²) in [4.78, 5) is 0. The van der Waals surface area contributed by atoms with Crippen LogP contribution in [0.5, 0.6) is 11.8 Å². The highest BCUT2D eigenvalue weighted by molar-refractivity contribution is 5.52. The van der Waals surface area contributed by atoms with Crippen LogP contribution in [0, 0.1) is 0 Å². The van der Waals surface area contributed by atoms with E-state index >= 15 is 0 Å². The summed E-state index contributed by atoms with van der Waals surface area (Å²) < 4.78 is 18.6. The van der Waals surface area contributed by atoms with Gasteiger partial charge in [0, 0.05) is 0 Å². The Labute approximate surface area is 88.8 Å². The lowest BCUT2D eigenvalue weighted by Crippen LogP contribution is -2.10. The highest BCUT2D eigenvalue weighted by atomic mass is 16.6. The second kappa shape index (κ2) is 4.33. The molecule has 10 nitrogen and oxygen atoms in total. The number of hydrogen-bond donors (Lipinski definition) is 2. The van der Waals surface area contributed by atoms with Gasteiger partial charge in [-0.3, -0.25) is 10.9 Å². The zero-order valence-corrected chi connectivity index (χ0v) is 8.42. The maximum absolute atomic E-state index is 4.85. The SMILES string of the molecule is COc1nonc1NNc1nonc1OC. The molecule has 2 aromatic rings. The Hall–Kier alpha value is -2.52. The molecule has 0 radical (unpaired) electrons. The normalized spacial score (nSPS) is 9.88. The summed E-state index contributed by atoms with van der Waals surface area (Å²) >= 11 is 0.